The molecule has 0 saturated carbocycles. The van der Waals surface area contributed by atoms with Gasteiger partial charge in [0.2, 0.25) is 0 Å². The van der Waals surface area contributed by atoms with Crippen LogP contribution >= 0.6 is 0 Å². The molecule has 1 aromatic carbocycles. The van der Waals surface area contributed by atoms with E-state index in [1.165, 1.54) is 12.1 Å². The van der Waals surface area contributed by atoms with Crippen molar-refractivity contribution in [1.82, 2.24) is 19.9 Å². The SMILES string of the molecule is C=C(c1ccc(O)c(F)c1)N1CCc2nc(-c3ccccn3)ncc2C1. The third kappa shape index (κ3) is 3.01. The molecule has 5 nitrogen and oxygen atoms in total. The fourth-order valence-electron chi connectivity index (χ4n) is 3.03. The van der Waals surface area contributed by atoms with E-state index < -0.39 is 5.82 Å². The van der Waals surface area contributed by atoms with Gasteiger partial charge in [0.05, 0.1) is 5.69 Å². The number of pyridine rings is 1. The van der Waals surface area contributed by atoms with Gasteiger partial charge in [0.1, 0.15) is 5.69 Å². The van der Waals surface area contributed by atoms with Crippen LogP contribution in [0.5, 0.6) is 5.75 Å². The maximum Gasteiger partial charge on any atom is 0.178 e. The summed E-state index contributed by atoms with van der Waals surface area (Å²) < 4.78 is 13.6. The van der Waals surface area contributed by atoms with E-state index in [2.05, 4.69) is 26.4 Å². The molecule has 0 radical (unpaired) electrons. The van der Waals surface area contributed by atoms with Gasteiger partial charge in [-0.05, 0) is 30.3 Å². The van der Waals surface area contributed by atoms with Crippen LogP contribution in [0, 0.1) is 5.82 Å². The van der Waals surface area contributed by atoms with E-state index in [0.717, 1.165) is 29.9 Å². The Morgan fingerprint density at radius 2 is 2.08 bits per heavy atom. The van der Waals surface area contributed by atoms with E-state index >= 15 is 0 Å². The van der Waals surface area contributed by atoms with Crippen LogP contribution in [0.15, 0.2) is 55.4 Å². The summed E-state index contributed by atoms with van der Waals surface area (Å²) in [5.41, 5.74) is 4.14. The maximum atomic E-state index is 13.6. The molecule has 26 heavy (non-hydrogen) atoms. The molecule has 0 amide bonds. The Kier molecular flexibility index (Phi) is 4.08. The van der Waals surface area contributed by atoms with E-state index in [4.69, 9.17) is 0 Å². The van der Waals surface area contributed by atoms with E-state index in [1.807, 2.05) is 24.4 Å². The molecule has 1 aliphatic heterocycles. The van der Waals surface area contributed by atoms with Gasteiger partial charge in [0.15, 0.2) is 17.4 Å². The topological polar surface area (TPSA) is 62.1 Å². The monoisotopic (exact) mass is 348 g/mol. The van der Waals surface area contributed by atoms with Gasteiger partial charge < -0.3 is 10.0 Å². The summed E-state index contributed by atoms with van der Waals surface area (Å²) in [7, 11) is 0. The molecule has 0 atom stereocenters. The van der Waals surface area contributed by atoms with E-state index in [9.17, 15) is 9.50 Å². The first kappa shape index (κ1) is 16.2. The Bertz CT molecular complexity index is 975. The Labute approximate surface area is 150 Å². The van der Waals surface area contributed by atoms with Gasteiger partial charge >= 0.3 is 0 Å². The van der Waals surface area contributed by atoms with Crippen molar-refractivity contribution in [2.24, 2.45) is 0 Å². The van der Waals surface area contributed by atoms with Crippen molar-refractivity contribution in [2.45, 2.75) is 13.0 Å². The summed E-state index contributed by atoms with van der Waals surface area (Å²) in [5.74, 6) is -0.386. The lowest BCUT2D eigenvalue weighted by Crippen LogP contribution is -2.30. The summed E-state index contributed by atoms with van der Waals surface area (Å²) in [6.07, 6.45) is 4.29. The van der Waals surface area contributed by atoms with E-state index in [1.54, 1.807) is 12.3 Å². The number of nitrogens with zero attached hydrogens (tertiary/aromatic N) is 4. The van der Waals surface area contributed by atoms with Crippen molar-refractivity contribution in [3.8, 4) is 17.3 Å². The average Bonchev–Trinajstić information content (AvgIpc) is 2.69. The zero-order chi connectivity index (χ0) is 18.1. The molecule has 4 rings (SSSR count). The second kappa shape index (κ2) is 6.55. The normalized spacial score (nSPS) is 13.3. The van der Waals surface area contributed by atoms with E-state index in [-0.39, 0.29) is 5.75 Å². The highest BCUT2D eigenvalue weighted by Crippen LogP contribution is 2.28. The van der Waals surface area contributed by atoms with Gasteiger partial charge in [0, 0.05) is 48.7 Å². The molecule has 0 bridgehead atoms. The molecule has 3 heterocycles. The molecule has 3 aromatic rings. The number of hydrogen-bond donors (Lipinski definition) is 1. The van der Waals surface area contributed by atoms with Crippen LogP contribution in [0.4, 0.5) is 4.39 Å². The molecule has 0 aliphatic carbocycles. The standard InChI is InChI=1S/C20H17FN4O/c1-13(14-5-6-19(26)16(21)10-14)25-9-7-17-15(12-25)11-23-20(24-17)18-4-2-3-8-22-18/h2-6,8,10-11,26H,1,7,9,12H2. The quantitative estimate of drug-likeness (QED) is 0.786. The minimum absolute atomic E-state index is 0.360. The number of halogens is 1. The van der Waals surface area contributed by atoms with Crippen LogP contribution in [-0.4, -0.2) is 31.5 Å². The molecule has 0 saturated heterocycles. The molecular formula is C20H17FN4O. The van der Waals surface area contributed by atoms with Gasteiger partial charge in [-0.3, -0.25) is 4.98 Å². The number of aromatic nitrogens is 3. The van der Waals surface area contributed by atoms with Gasteiger partial charge in [0.25, 0.3) is 0 Å². The summed E-state index contributed by atoms with van der Waals surface area (Å²) in [4.78, 5) is 15.4. The summed E-state index contributed by atoms with van der Waals surface area (Å²) >= 11 is 0. The minimum Gasteiger partial charge on any atom is -0.505 e. The summed E-state index contributed by atoms with van der Waals surface area (Å²) in [6.45, 7) is 5.42. The minimum atomic E-state index is -0.649. The number of hydrogen-bond acceptors (Lipinski definition) is 5. The predicted molar refractivity (Wildman–Crippen MR) is 96.5 cm³/mol. The molecule has 0 unspecified atom stereocenters. The van der Waals surface area contributed by atoms with Crippen LogP contribution in [0.2, 0.25) is 0 Å². The van der Waals surface area contributed by atoms with Gasteiger partial charge in [-0.1, -0.05) is 12.6 Å². The lowest BCUT2D eigenvalue weighted by atomic mass is 10.0. The van der Waals surface area contributed by atoms with E-state index in [0.29, 0.717) is 23.6 Å². The van der Waals surface area contributed by atoms with Crippen molar-refractivity contribution in [3.63, 3.8) is 0 Å². The maximum absolute atomic E-state index is 13.6. The van der Waals surface area contributed by atoms with Crippen molar-refractivity contribution in [3.05, 3.63) is 78.0 Å². The number of aromatic hydroxyl groups is 1. The Morgan fingerprint density at radius 3 is 2.85 bits per heavy atom. The number of fused-ring (bicyclic) bond motifs is 1. The Hall–Kier alpha value is -3.28. The molecule has 130 valence electrons. The fourth-order valence-corrected chi connectivity index (χ4v) is 3.03. The van der Waals surface area contributed by atoms with Crippen molar-refractivity contribution in [1.29, 1.82) is 0 Å². The highest BCUT2D eigenvalue weighted by molar-refractivity contribution is 5.63. The van der Waals surface area contributed by atoms with Crippen LogP contribution in [0.3, 0.4) is 0 Å². The second-order valence-corrected chi connectivity index (χ2v) is 6.16. The second-order valence-electron chi connectivity index (χ2n) is 6.16. The summed E-state index contributed by atoms with van der Waals surface area (Å²) in [5, 5.41) is 9.35. The van der Waals surface area contributed by atoms with Gasteiger partial charge in [-0.15, -0.1) is 0 Å². The van der Waals surface area contributed by atoms with Crippen LogP contribution in [-0.2, 0) is 13.0 Å². The van der Waals surface area contributed by atoms with Crippen molar-refractivity contribution < 1.29 is 9.50 Å². The first-order valence-corrected chi connectivity index (χ1v) is 8.31. The third-order valence-electron chi connectivity index (χ3n) is 4.49. The highest BCUT2D eigenvalue weighted by atomic mass is 19.1. The first-order chi connectivity index (χ1) is 12.6. The highest BCUT2D eigenvalue weighted by Gasteiger charge is 2.21. The van der Waals surface area contributed by atoms with Crippen molar-refractivity contribution >= 4 is 5.70 Å². The lowest BCUT2D eigenvalue weighted by molar-refractivity contribution is 0.368. The Morgan fingerprint density at radius 1 is 1.19 bits per heavy atom. The van der Waals surface area contributed by atoms with Gasteiger partial charge in [-0.25, -0.2) is 14.4 Å². The zero-order valence-corrected chi connectivity index (χ0v) is 14.1. The van der Waals surface area contributed by atoms with Crippen molar-refractivity contribution in [2.75, 3.05) is 6.54 Å². The summed E-state index contributed by atoms with van der Waals surface area (Å²) in [6, 6.07) is 9.96. The zero-order valence-electron chi connectivity index (χ0n) is 14.1. The molecule has 1 aliphatic rings. The number of rotatable bonds is 3. The molecular weight excluding hydrogens is 331 g/mol. The number of phenolic OH excluding ortho intramolecular Hbond substituents is 1. The third-order valence-corrected chi connectivity index (χ3v) is 4.49. The average molecular weight is 348 g/mol. The molecule has 6 heteroatoms. The smallest absolute Gasteiger partial charge is 0.178 e. The van der Waals surface area contributed by atoms with Crippen LogP contribution in [0.1, 0.15) is 16.8 Å². The molecule has 0 spiro atoms. The lowest BCUT2D eigenvalue weighted by Gasteiger charge is -2.31. The molecule has 2 aromatic heterocycles. The number of benzene rings is 1. The van der Waals surface area contributed by atoms with Crippen LogP contribution < -0.4 is 0 Å². The fraction of sp³-hybridized carbons (Fsp3) is 0.150. The predicted octanol–water partition coefficient (Wildman–Crippen LogP) is 3.41. The Balaban J connectivity index is 1.56. The largest absolute Gasteiger partial charge is 0.505 e. The van der Waals surface area contributed by atoms with Gasteiger partial charge in [-0.2, -0.15) is 0 Å². The first-order valence-electron chi connectivity index (χ1n) is 8.31. The molecule has 0 fully saturated rings. The molecule has 1 N–H and O–H groups in total. The number of phenols is 1. The van der Waals surface area contributed by atoms with Crippen LogP contribution in [0.25, 0.3) is 17.2 Å².